The van der Waals surface area contributed by atoms with Gasteiger partial charge in [-0.25, -0.2) is 0 Å². The molecule has 1 aromatic heterocycles. The lowest BCUT2D eigenvalue weighted by Crippen LogP contribution is -2.13. The number of methoxy groups -OCH3 is 3. The maximum Gasteiger partial charge on any atom is 0.256 e. The summed E-state index contributed by atoms with van der Waals surface area (Å²) in [5.41, 5.74) is 1.23. The first-order valence-electron chi connectivity index (χ1n) is 8.41. The molecule has 2 N–H and O–H groups in total. The highest BCUT2D eigenvalue weighted by molar-refractivity contribution is 6.03. The SMILES string of the molecule is COc1cc(Nc2ccc(NC(=O)c3ccccc3)nn2)cc(OC)c1OC. The number of hydrogen-bond acceptors (Lipinski definition) is 7. The highest BCUT2D eigenvalue weighted by Gasteiger charge is 2.14. The lowest BCUT2D eigenvalue weighted by atomic mass is 10.2. The first-order valence-corrected chi connectivity index (χ1v) is 8.41. The summed E-state index contributed by atoms with van der Waals surface area (Å²) in [5, 5.41) is 13.9. The summed E-state index contributed by atoms with van der Waals surface area (Å²) in [5.74, 6) is 2.13. The Morgan fingerprint density at radius 1 is 0.821 bits per heavy atom. The number of benzene rings is 2. The van der Waals surface area contributed by atoms with Crippen molar-refractivity contribution < 1.29 is 19.0 Å². The number of ether oxygens (including phenoxy) is 3. The van der Waals surface area contributed by atoms with E-state index in [2.05, 4.69) is 20.8 Å². The molecule has 2 aromatic carbocycles. The van der Waals surface area contributed by atoms with Crippen molar-refractivity contribution in [1.29, 1.82) is 0 Å². The molecule has 0 bridgehead atoms. The molecule has 0 aliphatic carbocycles. The Kier molecular flexibility index (Phi) is 5.91. The summed E-state index contributed by atoms with van der Waals surface area (Å²) in [6.45, 7) is 0. The van der Waals surface area contributed by atoms with E-state index in [9.17, 15) is 4.79 Å². The van der Waals surface area contributed by atoms with Crippen LogP contribution in [0.2, 0.25) is 0 Å². The Balaban J connectivity index is 1.73. The van der Waals surface area contributed by atoms with Gasteiger partial charge >= 0.3 is 0 Å². The van der Waals surface area contributed by atoms with Crippen LogP contribution in [-0.4, -0.2) is 37.4 Å². The molecule has 0 spiro atoms. The number of carbonyl (C=O) groups excluding carboxylic acids is 1. The Bertz CT molecular complexity index is 921. The van der Waals surface area contributed by atoms with Crippen LogP contribution in [0.15, 0.2) is 54.6 Å². The molecule has 0 saturated heterocycles. The van der Waals surface area contributed by atoms with Crippen LogP contribution in [0.1, 0.15) is 10.4 Å². The van der Waals surface area contributed by atoms with Gasteiger partial charge in [-0.15, -0.1) is 10.2 Å². The molecule has 1 amide bonds. The predicted molar refractivity (Wildman–Crippen MR) is 106 cm³/mol. The Labute approximate surface area is 162 Å². The standard InChI is InChI=1S/C20H20N4O4/c1-26-15-11-14(12-16(27-2)19(15)28-3)21-17-9-10-18(24-23-17)22-20(25)13-7-5-4-6-8-13/h4-12H,1-3H3,(H,21,23)(H,22,24,25). The molecule has 0 radical (unpaired) electrons. The molecule has 0 saturated carbocycles. The lowest BCUT2D eigenvalue weighted by molar-refractivity contribution is 0.102. The van der Waals surface area contributed by atoms with Crippen LogP contribution < -0.4 is 24.8 Å². The highest BCUT2D eigenvalue weighted by Crippen LogP contribution is 2.40. The second-order valence-corrected chi connectivity index (χ2v) is 5.66. The summed E-state index contributed by atoms with van der Waals surface area (Å²) < 4.78 is 16.0. The highest BCUT2D eigenvalue weighted by atomic mass is 16.5. The summed E-state index contributed by atoms with van der Waals surface area (Å²) in [6, 6.07) is 15.8. The first kappa shape index (κ1) is 19.0. The molecule has 144 valence electrons. The van der Waals surface area contributed by atoms with Crippen LogP contribution in [-0.2, 0) is 0 Å². The number of rotatable bonds is 7. The molecule has 3 rings (SSSR count). The van der Waals surface area contributed by atoms with Gasteiger partial charge in [0.25, 0.3) is 5.91 Å². The third-order valence-corrected chi connectivity index (χ3v) is 3.88. The minimum absolute atomic E-state index is 0.250. The van der Waals surface area contributed by atoms with Gasteiger partial charge in [0.15, 0.2) is 23.1 Å². The van der Waals surface area contributed by atoms with Crippen LogP contribution >= 0.6 is 0 Å². The second kappa shape index (κ2) is 8.72. The van der Waals surface area contributed by atoms with Gasteiger partial charge < -0.3 is 24.8 Å². The van der Waals surface area contributed by atoms with Crippen LogP contribution in [0.4, 0.5) is 17.3 Å². The fourth-order valence-corrected chi connectivity index (χ4v) is 2.54. The number of anilines is 3. The van der Waals surface area contributed by atoms with Crippen molar-refractivity contribution in [1.82, 2.24) is 10.2 Å². The van der Waals surface area contributed by atoms with Crippen molar-refractivity contribution in [3.05, 3.63) is 60.2 Å². The monoisotopic (exact) mass is 380 g/mol. The van der Waals surface area contributed by atoms with Crippen molar-refractivity contribution in [2.45, 2.75) is 0 Å². The topological polar surface area (TPSA) is 94.6 Å². The van der Waals surface area contributed by atoms with Gasteiger partial charge in [-0.1, -0.05) is 18.2 Å². The van der Waals surface area contributed by atoms with E-state index in [0.717, 1.165) is 0 Å². The molecule has 0 fully saturated rings. The van der Waals surface area contributed by atoms with Crippen LogP contribution in [0, 0.1) is 0 Å². The molecule has 1 heterocycles. The maximum atomic E-state index is 12.2. The van der Waals surface area contributed by atoms with Gasteiger partial charge in [-0.05, 0) is 24.3 Å². The summed E-state index contributed by atoms with van der Waals surface area (Å²) in [4.78, 5) is 12.2. The minimum Gasteiger partial charge on any atom is -0.493 e. The molecule has 0 atom stereocenters. The van der Waals surface area contributed by atoms with E-state index >= 15 is 0 Å². The summed E-state index contributed by atoms with van der Waals surface area (Å²) in [7, 11) is 4.64. The van der Waals surface area contributed by atoms with Crippen molar-refractivity contribution >= 4 is 23.2 Å². The van der Waals surface area contributed by atoms with Crippen LogP contribution in [0.5, 0.6) is 17.2 Å². The van der Waals surface area contributed by atoms with Gasteiger partial charge in [-0.3, -0.25) is 4.79 Å². The third-order valence-electron chi connectivity index (χ3n) is 3.88. The van der Waals surface area contributed by atoms with E-state index in [0.29, 0.717) is 40.1 Å². The van der Waals surface area contributed by atoms with Gasteiger partial charge in [0.05, 0.1) is 21.3 Å². The number of hydrogen-bond donors (Lipinski definition) is 2. The van der Waals surface area contributed by atoms with E-state index < -0.39 is 0 Å². The second-order valence-electron chi connectivity index (χ2n) is 5.66. The number of nitrogens with zero attached hydrogens (tertiary/aromatic N) is 2. The smallest absolute Gasteiger partial charge is 0.256 e. The van der Waals surface area contributed by atoms with Gasteiger partial charge in [-0.2, -0.15) is 0 Å². The van der Waals surface area contributed by atoms with E-state index in [4.69, 9.17) is 14.2 Å². The molecule has 8 heteroatoms. The maximum absolute atomic E-state index is 12.2. The zero-order valence-corrected chi connectivity index (χ0v) is 15.7. The zero-order valence-electron chi connectivity index (χ0n) is 15.7. The third kappa shape index (κ3) is 4.29. The molecular weight excluding hydrogens is 360 g/mol. The van der Waals surface area contributed by atoms with Crippen LogP contribution in [0.3, 0.4) is 0 Å². The molecular formula is C20H20N4O4. The van der Waals surface area contributed by atoms with Gasteiger partial charge in [0.2, 0.25) is 5.75 Å². The number of aromatic nitrogens is 2. The largest absolute Gasteiger partial charge is 0.493 e. The Morgan fingerprint density at radius 3 is 1.96 bits per heavy atom. The van der Waals surface area contributed by atoms with Crippen LogP contribution in [0.25, 0.3) is 0 Å². The quantitative estimate of drug-likeness (QED) is 0.648. The fraction of sp³-hybridized carbons (Fsp3) is 0.150. The number of nitrogens with one attached hydrogen (secondary N) is 2. The van der Waals surface area contributed by atoms with Gasteiger partial charge in [0, 0.05) is 23.4 Å². The average molecular weight is 380 g/mol. The molecule has 3 aromatic rings. The molecule has 28 heavy (non-hydrogen) atoms. The normalized spacial score (nSPS) is 10.1. The van der Waals surface area contributed by atoms with Crippen molar-refractivity contribution in [3.63, 3.8) is 0 Å². The Hall–Kier alpha value is -3.81. The summed E-state index contributed by atoms with van der Waals surface area (Å²) >= 11 is 0. The molecule has 0 aliphatic rings. The molecule has 0 aliphatic heterocycles. The minimum atomic E-state index is -0.250. The number of carbonyl (C=O) groups is 1. The first-order chi connectivity index (χ1) is 13.6. The van der Waals surface area contributed by atoms with Crippen molar-refractivity contribution in [3.8, 4) is 17.2 Å². The lowest BCUT2D eigenvalue weighted by Gasteiger charge is -2.14. The predicted octanol–water partition coefficient (Wildman–Crippen LogP) is 3.50. The van der Waals surface area contributed by atoms with Crippen molar-refractivity contribution in [2.75, 3.05) is 32.0 Å². The van der Waals surface area contributed by atoms with E-state index in [1.807, 2.05) is 6.07 Å². The number of amides is 1. The average Bonchev–Trinajstić information content (AvgIpc) is 2.75. The van der Waals surface area contributed by atoms with E-state index in [-0.39, 0.29) is 5.91 Å². The van der Waals surface area contributed by atoms with E-state index in [1.165, 1.54) is 0 Å². The van der Waals surface area contributed by atoms with E-state index in [1.54, 1.807) is 69.9 Å². The molecule has 0 unspecified atom stereocenters. The Morgan fingerprint density at radius 2 is 1.43 bits per heavy atom. The van der Waals surface area contributed by atoms with Crippen molar-refractivity contribution in [2.24, 2.45) is 0 Å². The molecule has 8 nitrogen and oxygen atoms in total. The van der Waals surface area contributed by atoms with Gasteiger partial charge in [0.1, 0.15) is 0 Å². The zero-order chi connectivity index (χ0) is 19.9. The fourth-order valence-electron chi connectivity index (χ4n) is 2.54. The summed E-state index contributed by atoms with van der Waals surface area (Å²) in [6.07, 6.45) is 0.